The summed E-state index contributed by atoms with van der Waals surface area (Å²) in [5.74, 6) is 1.62. The minimum atomic E-state index is 0.221. The summed E-state index contributed by atoms with van der Waals surface area (Å²) >= 11 is 0. The molecule has 2 heteroatoms. The van der Waals surface area contributed by atoms with E-state index in [1.165, 1.54) is 54.9 Å². The lowest BCUT2D eigenvalue weighted by atomic mass is 9.83. The molecule has 0 saturated carbocycles. The van der Waals surface area contributed by atoms with Crippen molar-refractivity contribution in [3.63, 3.8) is 0 Å². The second-order valence-corrected chi connectivity index (χ2v) is 12.3. The highest BCUT2D eigenvalue weighted by Crippen LogP contribution is 2.31. The first kappa shape index (κ1) is 22.6. The zero-order valence-electron chi connectivity index (χ0n) is 20.6. The Morgan fingerprint density at radius 3 is 1.39 bits per heavy atom. The van der Waals surface area contributed by atoms with Gasteiger partial charge in [0.15, 0.2) is 0 Å². The summed E-state index contributed by atoms with van der Waals surface area (Å²) in [5.41, 5.74) is 6.29. The Morgan fingerprint density at radius 1 is 0.645 bits per heavy atom. The van der Waals surface area contributed by atoms with Crippen LogP contribution in [0, 0.1) is 11.8 Å². The molecule has 0 N–H and O–H groups in total. The first-order valence-corrected chi connectivity index (χ1v) is 12.2. The van der Waals surface area contributed by atoms with Crippen molar-refractivity contribution >= 4 is 0 Å². The average Bonchev–Trinajstić information content (AvgIpc) is 2.66. The Hall–Kier alpha value is -1.64. The number of rotatable bonds is 4. The largest absolute Gasteiger partial charge is 0.298 e. The molecule has 0 aliphatic carbocycles. The number of likely N-dealkylation sites (tertiary alicyclic amines) is 2. The highest BCUT2D eigenvalue weighted by Gasteiger charge is 2.34. The average molecular weight is 419 g/mol. The van der Waals surface area contributed by atoms with Crippen LogP contribution in [0.1, 0.15) is 70.2 Å². The van der Waals surface area contributed by atoms with Crippen LogP contribution in [0.25, 0.3) is 0 Å². The molecule has 0 aromatic heterocycles. The van der Waals surface area contributed by atoms with Crippen LogP contribution in [0.3, 0.4) is 0 Å². The highest BCUT2D eigenvalue weighted by atomic mass is 15.2. The van der Waals surface area contributed by atoms with Gasteiger partial charge in [0.05, 0.1) is 0 Å². The smallest absolute Gasteiger partial charge is 0.0234 e. The molecule has 2 fully saturated rings. The number of benzene rings is 2. The van der Waals surface area contributed by atoms with Gasteiger partial charge in [-0.25, -0.2) is 0 Å². The molecule has 4 rings (SSSR count). The predicted molar refractivity (Wildman–Crippen MR) is 132 cm³/mol. The van der Waals surface area contributed by atoms with Crippen molar-refractivity contribution in [2.24, 2.45) is 11.8 Å². The Bertz CT molecular complexity index is 801. The van der Waals surface area contributed by atoms with E-state index in [-0.39, 0.29) is 10.8 Å². The Balaban J connectivity index is 1.37. The summed E-state index contributed by atoms with van der Waals surface area (Å²) < 4.78 is 0. The molecule has 0 spiro atoms. The van der Waals surface area contributed by atoms with Crippen molar-refractivity contribution in [3.05, 3.63) is 70.8 Å². The zero-order valence-corrected chi connectivity index (χ0v) is 20.6. The van der Waals surface area contributed by atoms with E-state index < -0.39 is 0 Å². The van der Waals surface area contributed by atoms with Crippen molar-refractivity contribution in [2.75, 3.05) is 26.2 Å². The van der Waals surface area contributed by atoms with Gasteiger partial charge in [-0.1, -0.05) is 90.1 Å². The number of hydrogen-bond acceptors (Lipinski definition) is 2. The molecule has 2 heterocycles. The van der Waals surface area contributed by atoms with Gasteiger partial charge < -0.3 is 0 Å². The molecular weight excluding hydrogens is 376 g/mol. The Labute approximate surface area is 190 Å². The van der Waals surface area contributed by atoms with Crippen LogP contribution in [-0.4, -0.2) is 36.0 Å². The first-order chi connectivity index (χ1) is 14.6. The topological polar surface area (TPSA) is 6.48 Å². The van der Waals surface area contributed by atoms with Crippen LogP contribution >= 0.6 is 0 Å². The van der Waals surface area contributed by atoms with Gasteiger partial charge in [-0.3, -0.25) is 9.80 Å². The Morgan fingerprint density at radius 2 is 1.03 bits per heavy atom. The number of piperidine rings is 2. The van der Waals surface area contributed by atoms with Crippen LogP contribution in [0.15, 0.2) is 48.5 Å². The van der Waals surface area contributed by atoms with Crippen molar-refractivity contribution in [3.8, 4) is 0 Å². The molecule has 168 valence electrons. The molecule has 0 radical (unpaired) electrons. The lowest BCUT2D eigenvalue weighted by Gasteiger charge is -2.46. The normalized spacial score (nSPS) is 23.2. The first-order valence-electron chi connectivity index (χ1n) is 12.2. The molecule has 31 heavy (non-hydrogen) atoms. The standard InChI is InChI=1S/C29H42N2/c1-28(2,3)26-11-7-9-22(14-26)16-30-18-24-13-25(19-30)21-31(20-24)17-23-10-8-12-27(15-23)29(4,5)6/h7-12,14-15,24-25H,13,16-21H2,1-6H3. The predicted octanol–water partition coefficient (Wildman–Crippen LogP) is 6.24. The molecular formula is C29H42N2. The summed E-state index contributed by atoms with van der Waals surface area (Å²) in [7, 11) is 0. The third kappa shape index (κ3) is 5.79. The third-order valence-corrected chi connectivity index (χ3v) is 7.13. The lowest BCUT2D eigenvalue weighted by molar-refractivity contribution is 0.0241. The minimum absolute atomic E-state index is 0.221. The SMILES string of the molecule is CC(C)(C)c1cccc(CN2CC3CC(C2)CN(Cc2cccc(C(C)(C)C)c2)C3)c1. The summed E-state index contributed by atoms with van der Waals surface area (Å²) in [6, 6.07) is 18.5. The van der Waals surface area contributed by atoms with E-state index in [1.54, 1.807) is 0 Å². The molecule has 2 aromatic carbocycles. The van der Waals surface area contributed by atoms with Gasteiger partial charge in [0.1, 0.15) is 0 Å². The van der Waals surface area contributed by atoms with E-state index in [0.717, 1.165) is 24.9 Å². The Kier molecular flexibility index (Phi) is 6.34. The summed E-state index contributed by atoms with van der Waals surface area (Å²) in [5, 5.41) is 0. The number of hydrogen-bond donors (Lipinski definition) is 0. The van der Waals surface area contributed by atoms with Crippen molar-refractivity contribution in [2.45, 2.75) is 71.9 Å². The van der Waals surface area contributed by atoms with Crippen molar-refractivity contribution < 1.29 is 0 Å². The second-order valence-electron chi connectivity index (χ2n) is 12.3. The van der Waals surface area contributed by atoms with Gasteiger partial charge in [0.2, 0.25) is 0 Å². The maximum Gasteiger partial charge on any atom is 0.0234 e. The minimum Gasteiger partial charge on any atom is -0.298 e. The molecule has 0 amide bonds. The molecule has 0 atom stereocenters. The lowest BCUT2D eigenvalue weighted by Crippen LogP contribution is -2.52. The van der Waals surface area contributed by atoms with Gasteiger partial charge in [-0.05, 0) is 51.3 Å². The summed E-state index contributed by atoms with van der Waals surface area (Å²) in [6.07, 6.45) is 1.41. The maximum absolute atomic E-state index is 2.72. The summed E-state index contributed by atoms with van der Waals surface area (Å²) in [6.45, 7) is 21.0. The molecule has 2 aliphatic rings. The van der Waals surface area contributed by atoms with Gasteiger partial charge in [-0.2, -0.15) is 0 Å². The summed E-state index contributed by atoms with van der Waals surface area (Å²) in [4.78, 5) is 5.44. The van der Waals surface area contributed by atoms with Crippen molar-refractivity contribution in [1.82, 2.24) is 9.80 Å². The fourth-order valence-corrected chi connectivity index (χ4v) is 5.54. The quantitative estimate of drug-likeness (QED) is 0.580. The van der Waals surface area contributed by atoms with Crippen LogP contribution < -0.4 is 0 Å². The third-order valence-electron chi connectivity index (χ3n) is 7.13. The molecule has 2 nitrogen and oxygen atoms in total. The van der Waals surface area contributed by atoms with Crippen LogP contribution in [0.2, 0.25) is 0 Å². The van der Waals surface area contributed by atoms with Gasteiger partial charge in [0, 0.05) is 39.3 Å². The van der Waals surface area contributed by atoms with E-state index >= 15 is 0 Å². The van der Waals surface area contributed by atoms with E-state index in [0.29, 0.717) is 0 Å². The van der Waals surface area contributed by atoms with Crippen LogP contribution in [0.5, 0.6) is 0 Å². The maximum atomic E-state index is 2.72. The molecule has 2 aromatic rings. The zero-order chi connectivity index (χ0) is 22.2. The van der Waals surface area contributed by atoms with E-state index in [9.17, 15) is 0 Å². The molecule has 2 aliphatic heterocycles. The van der Waals surface area contributed by atoms with Gasteiger partial charge >= 0.3 is 0 Å². The fraction of sp³-hybridized carbons (Fsp3) is 0.586. The molecule has 0 unspecified atom stereocenters. The van der Waals surface area contributed by atoms with Crippen molar-refractivity contribution in [1.29, 1.82) is 0 Å². The van der Waals surface area contributed by atoms with E-state index in [2.05, 4.69) is 99.9 Å². The highest BCUT2D eigenvalue weighted by molar-refractivity contribution is 5.29. The second kappa shape index (κ2) is 8.71. The van der Waals surface area contributed by atoms with Gasteiger partial charge in [-0.15, -0.1) is 0 Å². The monoisotopic (exact) mass is 418 g/mol. The van der Waals surface area contributed by atoms with E-state index in [4.69, 9.17) is 0 Å². The number of nitrogens with zero attached hydrogens (tertiary/aromatic N) is 2. The molecule has 2 bridgehead atoms. The van der Waals surface area contributed by atoms with Gasteiger partial charge in [0.25, 0.3) is 0 Å². The van der Waals surface area contributed by atoms with Crippen LogP contribution in [-0.2, 0) is 23.9 Å². The van der Waals surface area contributed by atoms with E-state index in [1.807, 2.05) is 0 Å². The fourth-order valence-electron chi connectivity index (χ4n) is 5.54. The number of fused-ring (bicyclic) bond motifs is 2. The van der Waals surface area contributed by atoms with Crippen LogP contribution in [0.4, 0.5) is 0 Å². The molecule has 2 saturated heterocycles.